The molecule has 0 radical (unpaired) electrons. The summed E-state index contributed by atoms with van der Waals surface area (Å²) >= 11 is 0. The average Bonchev–Trinajstić information content (AvgIpc) is 3.78. The molecule has 0 aliphatic carbocycles. The number of nitrogens with one attached hydrogen (secondary N) is 9. The molecule has 1 rings (SSSR count). The number of aliphatic hydroxyl groups excluding tert-OH is 2. The zero-order valence-electron chi connectivity index (χ0n) is 39.9. The molecule has 0 aromatic heterocycles. The van der Waals surface area contributed by atoms with Gasteiger partial charge in [0.1, 0.15) is 48.3 Å². The molecule has 10 atom stereocenters. The molecule has 0 spiro atoms. The molecule has 1 heterocycles. The fourth-order valence-corrected chi connectivity index (χ4v) is 6.91. The van der Waals surface area contributed by atoms with Crippen molar-refractivity contribution in [2.75, 3.05) is 13.2 Å². The van der Waals surface area contributed by atoms with E-state index in [1.54, 1.807) is 27.7 Å². The van der Waals surface area contributed by atoms with Gasteiger partial charge in [0.25, 0.3) is 0 Å². The fourth-order valence-electron chi connectivity index (χ4n) is 6.91. The molecule has 27 heteroatoms. The van der Waals surface area contributed by atoms with Crippen LogP contribution in [0.1, 0.15) is 99.8 Å². The minimum absolute atomic E-state index is 0.0318. The van der Waals surface area contributed by atoms with Gasteiger partial charge in [-0.3, -0.25) is 52.7 Å². The molecule has 390 valence electrons. The van der Waals surface area contributed by atoms with Gasteiger partial charge >= 0.3 is 11.9 Å². The number of carboxylic acids is 2. The first-order valence-corrected chi connectivity index (χ1v) is 22.5. The van der Waals surface area contributed by atoms with Gasteiger partial charge in [-0.25, -0.2) is 4.79 Å². The maximum absolute atomic E-state index is 13.8. The van der Waals surface area contributed by atoms with Gasteiger partial charge < -0.3 is 79.7 Å². The fraction of sp³-hybridized carbons (Fsp3) is 0.714. The predicted octanol–water partition coefficient (Wildman–Crippen LogP) is -5.56. The van der Waals surface area contributed by atoms with Crippen molar-refractivity contribution in [3.8, 4) is 0 Å². The van der Waals surface area contributed by atoms with Crippen molar-refractivity contribution >= 4 is 71.0 Å². The topological polar surface area (TPSA) is 446 Å². The monoisotopic (exact) mass is 986 g/mol. The Kier molecular flexibility index (Phi) is 25.8. The van der Waals surface area contributed by atoms with Crippen LogP contribution in [0.2, 0.25) is 0 Å². The summed E-state index contributed by atoms with van der Waals surface area (Å²) in [5.41, 5.74) is 10.5. The molecule has 1 aliphatic rings. The van der Waals surface area contributed by atoms with Crippen LogP contribution in [0.3, 0.4) is 0 Å². The molecule has 0 unspecified atom stereocenters. The number of carbonyl (C=O) groups excluding carboxylic acids is 10. The van der Waals surface area contributed by atoms with Crippen LogP contribution < -0.4 is 59.3 Å². The highest BCUT2D eigenvalue weighted by molar-refractivity contribution is 5.99. The lowest BCUT2D eigenvalue weighted by atomic mass is 9.99. The quantitative estimate of drug-likeness (QED) is 0.0308. The lowest BCUT2D eigenvalue weighted by Gasteiger charge is -2.29. The van der Waals surface area contributed by atoms with Crippen molar-refractivity contribution in [1.82, 2.24) is 47.9 Å². The van der Waals surface area contributed by atoms with Crippen molar-refractivity contribution < 1.29 is 78.0 Å². The summed E-state index contributed by atoms with van der Waals surface area (Å²) < 4.78 is 0. The summed E-state index contributed by atoms with van der Waals surface area (Å²) in [4.78, 5) is 155. The largest absolute Gasteiger partial charge is 0.481 e. The second-order valence-electron chi connectivity index (χ2n) is 18.0. The highest BCUT2D eigenvalue weighted by Crippen LogP contribution is 2.13. The van der Waals surface area contributed by atoms with Crippen LogP contribution in [-0.4, -0.2) is 165 Å². The third-order valence-corrected chi connectivity index (χ3v) is 10.5. The summed E-state index contributed by atoms with van der Waals surface area (Å²) in [5, 5.41) is 60.5. The molecule has 1 saturated heterocycles. The van der Waals surface area contributed by atoms with E-state index in [0.717, 1.165) is 6.92 Å². The van der Waals surface area contributed by atoms with Gasteiger partial charge in [0, 0.05) is 6.42 Å². The Morgan fingerprint density at radius 1 is 0.551 bits per heavy atom. The van der Waals surface area contributed by atoms with E-state index in [2.05, 4.69) is 42.5 Å². The van der Waals surface area contributed by atoms with Crippen LogP contribution in [0, 0.1) is 17.8 Å². The Hall–Kier alpha value is -6.48. The Morgan fingerprint density at radius 2 is 0.986 bits per heavy atom. The normalized spacial score (nSPS) is 17.3. The average molecular weight is 986 g/mol. The van der Waals surface area contributed by atoms with Gasteiger partial charge in [0.15, 0.2) is 0 Å². The Labute approximate surface area is 398 Å². The predicted molar refractivity (Wildman–Crippen MR) is 241 cm³/mol. The van der Waals surface area contributed by atoms with E-state index in [-0.39, 0.29) is 37.5 Å². The van der Waals surface area contributed by atoms with Crippen LogP contribution in [0.5, 0.6) is 0 Å². The number of primary amides is 2. The molecule has 69 heavy (non-hydrogen) atoms. The van der Waals surface area contributed by atoms with Gasteiger partial charge in [-0.05, 0) is 63.3 Å². The van der Waals surface area contributed by atoms with E-state index in [1.807, 2.05) is 5.32 Å². The van der Waals surface area contributed by atoms with Crippen LogP contribution in [0.15, 0.2) is 0 Å². The number of carboxylic acid groups (broad SMARTS) is 2. The van der Waals surface area contributed by atoms with Crippen LogP contribution in [0.25, 0.3) is 0 Å². The Bertz CT molecular complexity index is 1860. The summed E-state index contributed by atoms with van der Waals surface area (Å²) in [6, 6.07) is -13.7. The Morgan fingerprint density at radius 3 is 1.43 bits per heavy atom. The number of carbonyl (C=O) groups is 12. The SMILES string of the molecule is CC(C)C[C@H](NC(=O)[C@H](CCC(N)=O)NC(=O)[C@@H]1CCCN1)C(=O)N[C@H](C(=O)N[C@@H](CC(=O)O)C(=O)N[C@H](C(=O)N[C@@H](CC(C)C)C(=O)N[C@@H](CC(N)=O)C(=O)N[C@@H](CO)C(=O)O)C(C)C)[C@@H](C)O. The second-order valence-corrected chi connectivity index (χ2v) is 18.0. The van der Waals surface area contributed by atoms with Crippen LogP contribution in [0.4, 0.5) is 0 Å². The Balaban J connectivity index is 3.35. The summed E-state index contributed by atoms with van der Waals surface area (Å²) in [7, 11) is 0. The van der Waals surface area contributed by atoms with Crippen molar-refractivity contribution in [1.29, 1.82) is 0 Å². The lowest BCUT2D eigenvalue weighted by Crippen LogP contribution is -2.62. The molecule has 27 nitrogen and oxygen atoms in total. The second kappa shape index (κ2) is 29.4. The van der Waals surface area contributed by atoms with E-state index in [0.29, 0.717) is 19.4 Å². The van der Waals surface area contributed by atoms with E-state index in [9.17, 15) is 78.0 Å². The molecular weight excluding hydrogens is 915 g/mol. The lowest BCUT2D eigenvalue weighted by molar-refractivity contribution is -0.144. The summed E-state index contributed by atoms with van der Waals surface area (Å²) in [5.74, 6) is -14.5. The number of nitrogens with two attached hydrogens (primary N) is 2. The van der Waals surface area contributed by atoms with E-state index in [4.69, 9.17) is 11.5 Å². The first-order valence-electron chi connectivity index (χ1n) is 22.5. The minimum Gasteiger partial charge on any atom is -0.481 e. The van der Waals surface area contributed by atoms with E-state index in [1.165, 1.54) is 13.8 Å². The number of aliphatic carboxylic acids is 2. The number of rotatable bonds is 31. The summed E-state index contributed by atoms with van der Waals surface area (Å²) in [6.07, 6.45) is -3.00. The standard InChI is InChI=1S/C42H71N11O16/c1-18(2)13-24(36(62)48-26(15-30(44)57)37(63)51-28(17-54)42(68)69)49-40(66)32(20(5)6)52-39(65)27(16-31(58)59)50-41(67)33(21(7)55)53-38(64)25(14-19(3)4)47-35(61)23(10-11-29(43)56)46-34(60)22-9-8-12-45-22/h18-28,32-33,45,54-55H,8-17H2,1-7H3,(H2,43,56)(H2,44,57)(H,46,60)(H,47,61)(H,48,62)(H,49,66)(H,50,67)(H,51,63)(H,52,65)(H,53,64)(H,58,59)(H,68,69)/t21-,22+,23+,24+,25+,26+,27+,28+,32+,33+/m1/s1. The highest BCUT2D eigenvalue weighted by atomic mass is 16.4. The maximum atomic E-state index is 13.8. The zero-order valence-corrected chi connectivity index (χ0v) is 39.9. The maximum Gasteiger partial charge on any atom is 0.328 e. The van der Waals surface area contributed by atoms with Gasteiger partial charge in [-0.1, -0.05) is 41.5 Å². The van der Waals surface area contributed by atoms with Crippen molar-refractivity contribution in [2.24, 2.45) is 29.2 Å². The number of amides is 10. The van der Waals surface area contributed by atoms with E-state index < -0.39 is 157 Å². The molecule has 1 fully saturated rings. The molecule has 0 bridgehead atoms. The van der Waals surface area contributed by atoms with Gasteiger partial charge in [0.05, 0.1) is 31.6 Å². The van der Waals surface area contributed by atoms with E-state index >= 15 is 0 Å². The van der Waals surface area contributed by atoms with Crippen molar-refractivity contribution in [3.63, 3.8) is 0 Å². The van der Waals surface area contributed by atoms with Crippen molar-refractivity contribution in [3.05, 3.63) is 0 Å². The molecule has 0 aromatic carbocycles. The van der Waals surface area contributed by atoms with Crippen LogP contribution >= 0.6 is 0 Å². The van der Waals surface area contributed by atoms with Crippen LogP contribution in [-0.2, 0) is 57.5 Å². The highest BCUT2D eigenvalue weighted by Gasteiger charge is 2.38. The number of hydrogen-bond acceptors (Lipinski definition) is 15. The van der Waals surface area contributed by atoms with Gasteiger partial charge in [-0.15, -0.1) is 0 Å². The first-order chi connectivity index (χ1) is 32.1. The zero-order chi connectivity index (χ0) is 52.9. The third-order valence-electron chi connectivity index (χ3n) is 10.5. The molecule has 1 aliphatic heterocycles. The number of hydrogen-bond donors (Lipinski definition) is 15. The van der Waals surface area contributed by atoms with Gasteiger partial charge in [-0.2, -0.15) is 0 Å². The molecular formula is C42H71N11O16. The molecule has 0 aromatic rings. The first kappa shape index (κ1) is 60.5. The van der Waals surface area contributed by atoms with Gasteiger partial charge in [0.2, 0.25) is 59.1 Å². The number of aliphatic hydroxyl groups is 2. The summed E-state index contributed by atoms with van der Waals surface area (Å²) in [6.45, 7) is 10.4. The smallest absolute Gasteiger partial charge is 0.328 e. The van der Waals surface area contributed by atoms with Crippen molar-refractivity contribution in [2.45, 2.75) is 160 Å². The molecule has 17 N–H and O–H groups in total. The third kappa shape index (κ3) is 22.0. The molecule has 10 amide bonds. The molecule has 0 saturated carbocycles. The minimum atomic E-state index is -1.95.